The number of fused-ring (bicyclic) bond motifs is 6. The third kappa shape index (κ3) is 3.49. The molecule has 4 nitrogen and oxygen atoms in total. The van der Waals surface area contributed by atoms with E-state index in [1.807, 2.05) is 18.2 Å². The van der Waals surface area contributed by atoms with E-state index < -0.39 is 0 Å². The molecule has 1 aliphatic carbocycles. The van der Waals surface area contributed by atoms with Crippen LogP contribution in [0.3, 0.4) is 0 Å². The van der Waals surface area contributed by atoms with E-state index in [1.165, 1.54) is 16.7 Å². The van der Waals surface area contributed by atoms with E-state index in [1.54, 1.807) is 0 Å². The van der Waals surface area contributed by atoms with Crippen molar-refractivity contribution in [2.45, 2.75) is 12.0 Å². The molecule has 0 radical (unpaired) electrons. The number of aromatic nitrogens is 3. The van der Waals surface area contributed by atoms with E-state index in [9.17, 15) is 0 Å². The monoisotopic (exact) mass is 500 g/mol. The Morgan fingerprint density at radius 2 is 1.28 bits per heavy atom. The summed E-state index contributed by atoms with van der Waals surface area (Å²) in [6.07, 6.45) is 4.54. The number of hydrogen-bond acceptors (Lipinski definition) is 4. The van der Waals surface area contributed by atoms with Gasteiger partial charge in [-0.1, -0.05) is 127 Å². The van der Waals surface area contributed by atoms with Gasteiger partial charge in [0.05, 0.1) is 6.04 Å². The molecule has 1 aliphatic heterocycles. The second-order valence-electron chi connectivity index (χ2n) is 10.1. The van der Waals surface area contributed by atoms with Crippen LogP contribution in [0.25, 0.3) is 39.6 Å². The molecule has 2 unspecified atom stereocenters. The number of benzene rings is 5. The molecule has 2 aliphatic rings. The Kier molecular flexibility index (Phi) is 4.92. The van der Waals surface area contributed by atoms with Gasteiger partial charge >= 0.3 is 0 Å². The van der Waals surface area contributed by atoms with Crippen LogP contribution in [-0.2, 0) is 0 Å². The molecule has 8 rings (SSSR count). The highest BCUT2D eigenvalue weighted by atomic mass is 15.3. The van der Waals surface area contributed by atoms with Crippen molar-refractivity contribution in [2.75, 3.05) is 4.90 Å². The third-order valence-electron chi connectivity index (χ3n) is 7.88. The van der Waals surface area contributed by atoms with Gasteiger partial charge in [-0.15, -0.1) is 0 Å². The van der Waals surface area contributed by atoms with Gasteiger partial charge < -0.3 is 4.90 Å². The molecule has 0 fully saturated rings. The van der Waals surface area contributed by atoms with E-state index in [4.69, 9.17) is 15.0 Å². The van der Waals surface area contributed by atoms with Crippen molar-refractivity contribution < 1.29 is 0 Å². The van der Waals surface area contributed by atoms with Crippen LogP contribution in [0.2, 0.25) is 0 Å². The smallest absolute Gasteiger partial charge is 0.234 e. The van der Waals surface area contributed by atoms with Crippen LogP contribution >= 0.6 is 0 Å². The van der Waals surface area contributed by atoms with Crippen LogP contribution in [0.5, 0.6) is 0 Å². The van der Waals surface area contributed by atoms with Crippen LogP contribution in [0, 0.1) is 0 Å². The largest absolute Gasteiger partial charge is 0.302 e. The summed E-state index contributed by atoms with van der Waals surface area (Å²) >= 11 is 0. The predicted molar refractivity (Wildman–Crippen MR) is 158 cm³/mol. The van der Waals surface area contributed by atoms with Gasteiger partial charge in [-0.3, -0.25) is 0 Å². The number of para-hydroxylation sites is 1. The molecule has 6 aromatic rings. The van der Waals surface area contributed by atoms with E-state index in [2.05, 4.69) is 120 Å². The first kappa shape index (κ1) is 21.9. The second kappa shape index (κ2) is 8.74. The second-order valence-corrected chi connectivity index (χ2v) is 10.1. The van der Waals surface area contributed by atoms with E-state index >= 15 is 0 Å². The van der Waals surface area contributed by atoms with Crippen LogP contribution in [-0.4, -0.2) is 21.0 Å². The number of nitrogens with zero attached hydrogens (tertiary/aromatic N) is 4. The van der Waals surface area contributed by atoms with Crippen molar-refractivity contribution in [2.24, 2.45) is 0 Å². The molecule has 4 heteroatoms. The molecular weight excluding hydrogens is 476 g/mol. The molecule has 0 saturated heterocycles. The first-order valence-electron chi connectivity index (χ1n) is 13.3. The van der Waals surface area contributed by atoms with Crippen molar-refractivity contribution in [3.05, 3.63) is 144 Å². The molecule has 1 aromatic heterocycles. The maximum absolute atomic E-state index is 5.18. The lowest BCUT2D eigenvalue weighted by molar-refractivity contribution is 0.710. The zero-order chi connectivity index (χ0) is 25.8. The lowest BCUT2D eigenvalue weighted by atomic mass is 9.81. The van der Waals surface area contributed by atoms with Crippen molar-refractivity contribution in [1.29, 1.82) is 0 Å². The van der Waals surface area contributed by atoms with Gasteiger partial charge in [0.25, 0.3) is 0 Å². The van der Waals surface area contributed by atoms with E-state index in [0.717, 1.165) is 27.6 Å². The summed E-state index contributed by atoms with van der Waals surface area (Å²) in [5, 5.41) is 2.29. The zero-order valence-electron chi connectivity index (χ0n) is 21.1. The Morgan fingerprint density at radius 3 is 2.21 bits per heavy atom. The lowest BCUT2D eigenvalue weighted by Crippen LogP contribution is -2.32. The summed E-state index contributed by atoms with van der Waals surface area (Å²) < 4.78 is 0. The van der Waals surface area contributed by atoms with E-state index in [0.29, 0.717) is 17.6 Å². The Morgan fingerprint density at radius 1 is 0.564 bits per heavy atom. The fraction of sp³-hybridized carbons (Fsp3) is 0.0571. The molecule has 184 valence electrons. The Labute approximate surface area is 227 Å². The van der Waals surface area contributed by atoms with Gasteiger partial charge in [-0.05, 0) is 33.5 Å². The third-order valence-corrected chi connectivity index (χ3v) is 7.88. The average molecular weight is 501 g/mol. The lowest BCUT2D eigenvalue weighted by Gasteiger charge is -2.30. The molecule has 39 heavy (non-hydrogen) atoms. The predicted octanol–water partition coefficient (Wildman–Crippen LogP) is 8.04. The molecule has 0 N–H and O–H groups in total. The van der Waals surface area contributed by atoms with Gasteiger partial charge in [0.1, 0.15) is 0 Å². The van der Waals surface area contributed by atoms with Crippen molar-refractivity contribution in [1.82, 2.24) is 15.0 Å². The molecule has 0 amide bonds. The summed E-state index contributed by atoms with van der Waals surface area (Å²) in [4.78, 5) is 17.6. The van der Waals surface area contributed by atoms with Crippen LogP contribution < -0.4 is 4.90 Å². The summed E-state index contributed by atoms with van der Waals surface area (Å²) in [5.41, 5.74) is 7.02. The maximum Gasteiger partial charge on any atom is 0.234 e. The summed E-state index contributed by atoms with van der Waals surface area (Å²) in [6, 6.07) is 42.3. The van der Waals surface area contributed by atoms with E-state index in [-0.39, 0.29) is 12.0 Å². The van der Waals surface area contributed by atoms with Gasteiger partial charge in [0.2, 0.25) is 5.95 Å². The van der Waals surface area contributed by atoms with Crippen molar-refractivity contribution >= 4 is 28.5 Å². The standard InChI is InChI=1S/C35H24N4/c1-2-13-25(14-3-1)33-36-34(28-19-10-15-23-11-4-6-16-26(23)28)38-35(37-33)39-30-20-9-8-18-29(30)32-27-17-7-5-12-24(27)21-22-31(32)39/h1-22,31-32H. The Bertz CT molecular complexity index is 1890. The Hall–Kier alpha value is -5.09. The number of hydrogen-bond donors (Lipinski definition) is 0. The first-order valence-corrected chi connectivity index (χ1v) is 13.3. The molecule has 0 spiro atoms. The maximum atomic E-state index is 5.18. The minimum Gasteiger partial charge on any atom is -0.302 e. The fourth-order valence-corrected chi connectivity index (χ4v) is 6.13. The number of anilines is 2. The summed E-state index contributed by atoms with van der Waals surface area (Å²) in [7, 11) is 0. The van der Waals surface area contributed by atoms with Crippen LogP contribution in [0.4, 0.5) is 11.6 Å². The molecule has 5 aromatic carbocycles. The average Bonchev–Trinajstić information content (AvgIpc) is 3.36. The molecule has 0 saturated carbocycles. The minimum absolute atomic E-state index is 0.0729. The normalized spacial score (nSPS) is 17.1. The van der Waals surface area contributed by atoms with Crippen LogP contribution in [0.1, 0.15) is 22.6 Å². The van der Waals surface area contributed by atoms with Crippen LogP contribution in [0.15, 0.2) is 127 Å². The minimum atomic E-state index is 0.0729. The van der Waals surface area contributed by atoms with Gasteiger partial charge in [0, 0.05) is 22.7 Å². The fourth-order valence-electron chi connectivity index (χ4n) is 6.13. The van der Waals surface area contributed by atoms with Gasteiger partial charge in [0.15, 0.2) is 11.6 Å². The topological polar surface area (TPSA) is 41.9 Å². The highest BCUT2D eigenvalue weighted by Crippen LogP contribution is 2.50. The highest BCUT2D eigenvalue weighted by molar-refractivity contribution is 5.95. The van der Waals surface area contributed by atoms with Crippen molar-refractivity contribution in [3.63, 3.8) is 0 Å². The molecule has 2 atom stereocenters. The SMILES string of the molecule is C1=CC2C(c3ccccc31)c1ccccc1N2c1nc(-c2ccccc2)nc(-c2cccc3ccccc23)n1. The molecule has 0 bridgehead atoms. The summed E-state index contributed by atoms with van der Waals surface area (Å²) in [6.45, 7) is 0. The first-order chi connectivity index (χ1) is 19.3. The Balaban J connectivity index is 1.37. The highest BCUT2D eigenvalue weighted by Gasteiger charge is 2.42. The van der Waals surface area contributed by atoms with Gasteiger partial charge in [-0.2, -0.15) is 9.97 Å². The zero-order valence-corrected chi connectivity index (χ0v) is 21.1. The van der Waals surface area contributed by atoms with Crippen molar-refractivity contribution in [3.8, 4) is 22.8 Å². The summed E-state index contributed by atoms with van der Waals surface area (Å²) in [5.74, 6) is 2.22. The number of rotatable bonds is 3. The molecular formula is C35H24N4. The molecule has 2 heterocycles. The quantitative estimate of drug-likeness (QED) is 0.247. The van der Waals surface area contributed by atoms with Gasteiger partial charge in [-0.25, -0.2) is 4.98 Å².